The van der Waals surface area contributed by atoms with Gasteiger partial charge in [0.25, 0.3) is 0 Å². The maximum atomic E-state index is 14.8. The lowest BCUT2D eigenvalue weighted by Gasteiger charge is -2.40. The number of amides is 3. The van der Waals surface area contributed by atoms with Gasteiger partial charge in [0.2, 0.25) is 17.7 Å². The summed E-state index contributed by atoms with van der Waals surface area (Å²) in [6.07, 6.45) is 8.67. The van der Waals surface area contributed by atoms with Crippen LogP contribution in [0.3, 0.4) is 0 Å². The average Bonchev–Trinajstić information content (AvgIpc) is 3.45. The van der Waals surface area contributed by atoms with Gasteiger partial charge in [-0.15, -0.1) is 0 Å². The smallest absolute Gasteiger partial charge is 0.313 e. The van der Waals surface area contributed by atoms with Gasteiger partial charge in [0.05, 0.1) is 30.7 Å². The Labute approximate surface area is 272 Å². The fourth-order valence-electron chi connectivity index (χ4n) is 7.60. The lowest BCUT2D eigenvalue weighted by Crippen LogP contribution is -2.59. The van der Waals surface area contributed by atoms with E-state index in [2.05, 4.69) is 6.92 Å². The zero-order valence-corrected chi connectivity index (χ0v) is 27.7. The van der Waals surface area contributed by atoms with Gasteiger partial charge in [-0.1, -0.05) is 88.2 Å². The summed E-state index contributed by atoms with van der Waals surface area (Å²) >= 11 is 0. The third kappa shape index (κ3) is 5.90. The molecule has 4 aliphatic heterocycles. The highest BCUT2D eigenvalue weighted by molar-refractivity contribution is 5.99. The van der Waals surface area contributed by atoms with Crippen LogP contribution in [0.2, 0.25) is 0 Å². The van der Waals surface area contributed by atoms with Crippen molar-refractivity contribution in [2.45, 2.75) is 95.7 Å². The van der Waals surface area contributed by atoms with Crippen LogP contribution in [0.15, 0.2) is 54.6 Å². The first-order valence-corrected chi connectivity index (χ1v) is 16.9. The molecule has 0 aliphatic carbocycles. The van der Waals surface area contributed by atoms with Crippen LogP contribution in [0.1, 0.15) is 71.5 Å². The molecule has 1 spiro atoms. The molecule has 46 heavy (non-hydrogen) atoms. The van der Waals surface area contributed by atoms with Crippen molar-refractivity contribution >= 4 is 23.7 Å². The van der Waals surface area contributed by atoms with Gasteiger partial charge < -0.3 is 29.3 Å². The molecule has 4 aliphatic rings. The number of rotatable bonds is 8. The van der Waals surface area contributed by atoms with Crippen LogP contribution < -0.4 is 0 Å². The molecular weight excluding hydrogens is 586 g/mol. The van der Waals surface area contributed by atoms with E-state index in [4.69, 9.17) is 9.47 Å². The summed E-state index contributed by atoms with van der Waals surface area (Å²) in [5.74, 6) is -3.53. The van der Waals surface area contributed by atoms with Gasteiger partial charge in [-0.2, -0.15) is 0 Å². The minimum atomic E-state index is -1.44. The van der Waals surface area contributed by atoms with Crippen LogP contribution in [0.4, 0.5) is 0 Å². The van der Waals surface area contributed by atoms with Crippen LogP contribution in [0, 0.1) is 17.8 Å². The molecular formula is C36H49N3O7. The molecule has 5 rings (SSSR count). The molecule has 2 fully saturated rings. The summed E-state index contributed by atoms with van der Waals surface area (Å²) in [4.78, 5) is 61.8. The highest BCUT2D eigenvalue weighted by atomic mass is 16.6. The van der Waals surface area contributed by atoms with Crippen LogP contribution in [0.25, 0.3) is 0 Å². The monoisotopic (exact) mass is 635 g/mol. The maximum Gasteiger partial charge on any atom is 0.313 e. The molecule has 10 heteroatoms. The van der Waals surface area contributed by atoms with Gasteiger partial charge in [0, 0.05) is 26.6 Å². The SMILES string of the molecule is CCCCN1CC=C[C@@]23O[C@H]4/C=C\CCC(=O)N(C)[C@@H](C)[C@H](c5ccccc5)OC(=O)[C@H]4[C@@H]2C(=O)N([C@@H](CO)[C@@H](C)CC)[C@H]3C1=O. The van der Waals surface area contributed by atoms with Crippen LogP contribution >= 0.6 is 0 Å². The van der Waals surface area contributed by atoms with Crippen molar-refractivity contribution in [3.63, 3.8) is 0 Å². The number of aliphatic hydroxyl groups excluding tert-OH is 1. The number of cyclic esters (lactones) is 1. The van der Waals surface area contributed by atoms with Crippen LogP contribution in [-0.4, -0.2) is 100 Å². The minimum absolute atomic E-state index is 0.0792. The summed E-state index contributed by atoms with van der Waals surface area (Å²) in [7, 11) is 1.71. The number of hydrogen-bond acceptors (Lipinski definition) is 7. The average molecular weight is 636 g/mol. The number of hydrogen-bond donors (Lipinski definition) is 1. The van der Waals surface area contributed by atoms with E-state index >= 15 is 0 Å². The molecule has 0 saturated carbocycles. The highest BCUT2D eigenvalue weighted by Gasteiger charge is 2.72. The molecule has 0 unspecified atom stereocenters. The number of allylic oxidation sites excluding steroid dienone is 1. The fourth-order valence-corrected chi connectivity index (χ4v) is 7.60. The summed E-state index contributed by atoms with van der Waals surface area (Å²) in [5.41, 5.74) is -0.707. The van der Waals surface area contributed by atoms with Crippen molar-refractivity contribution in [3.8, 4) is 0 Å². The number of unbranched alkanes of at least 4 members (excludes halogenated alkanes) is 1. The Bertz CT molecular complexity index is 1350. The predicted molar refractivity (Wildman–Crippen MR) is 172 cm³/mol. The number of likely N-dealkylation sites (tertiary alicyclic amines) is 1. The van der Waals surface area contributed by atoms with E-state index in [1.807, 2.05) is 69.3 Å². The summed E-state index contributed by atoms with van der Waals surface area (Å²) < 4.78 is 13.1. The van der Waals surface area contributed by atoms with Gasteiger partial charge in [-0.3, -0.25) is 19.2 Å². The Morgan fingerprint density at radius 3 is 2.48 bits per heavy atom. The van der Waals surface area contributed by atoms with Crippen molar-refractivity contribution in [1.82, 2.24) is 14.7 Å². The van der Waals surface area contributed by atoms with Crippen molar-refractivity contribution in [2.24, 2.45) is 17.8 Å². The molecule has 0 bridgehead atoms. The normalized spacial score (nSPS) is 33.7. The van der Waals surface area contributed by atoms with Gasteiger partial charge in [0.1, 0.15) is 23.7 Å². The first-order chi connectivity index (χ1) is 22.1. The largest absolute Gasteiger partial charge is 0.455 e. The van der Waals surface area contributed by atoms with Gasteiger partial charge >= 0.3 is 5.97 Å². The van der Waals surface area contributed by atoms with E-state index in [0.717, 1.165) is 18.4 Å². The second-order valence-electron chi connectivity index (χ2n) is 13.2. The molecule has 4 heterocycles. The van der Waals surface area contributed by atoms with E-state index in [9.17, 15) is 24.3 Å². The zero-order valence-electron chi connectivity index (χ0n) is 27.7. The highest BCUT2D eigenvalue weighted by Crippen LogP contribution is 2.54. The van der Waals surface area contributed by atoms with E-state index in [1.54, 1.807) is 22.9 Å². The topological polar surface area (TPSA) is 117 Å². The summed E-state index contributed by atoms with van der Waals surface area (Å²) in [6.45, 7) is 8.42. The maximum absolute atomic E-state index is 14.8. The third-order valence-corrected chi connectivity index (χ3v) is 10.6. The Hall–Kier alpha value is -3.50. The van der Waals surface area contributed by atoms with Crippen LogP contribution in [0.5, 0.6) is 0 Å². The summed E-state index contributed by atoms with van der Waals surface area (Å²) in [6, 6.07) is 7.12. The number of benzene rings is 1. The third-order valence-electron chi connectivity index (χ3n) is 10.6. The van der Waals surface area contributed by atoms with Crippen molar-refractivity contribution in [2.75, 3.05) is 26.7 Å². The standard InChI is InChI=1S/C36H49N3O7/c1-6-8-20-38-21-14-19-36-30(33(42)39(32(36)34(38)43)26(22-40)23(3)7-2)29-27(46-36)17-12-13-18-28(41)37(5)24(4)31(45-35(29)44)25-15-10-9-11-16-25/h9-12,14-17,19,23-24,26-27,29-32,40H,6-8,13,18,20-22H2,1-5H3/b17-12-/t23-,24-,26-,27-,29+,30+,31+,32-,36+/m0/s1. The Morgan fingerprint density at radius 2 is 1.80 bits per heavy atom. The van der Waals surface area contributed by atoms with Crippen molar-refractivity contribution < 1.29 is 33.8 Å². The number of carbonyl (C=O) groups is 4. The number of likely N-dealkylation sites (N-methyl/N-ethyl adjacent to an activating group) is 1. The molecule has 2 saturated heterocycles. The van der Waals surface area contributed by atoms with E-state index in [0.29, 0.717) is 25.9 Å². The minimum Gasteiger partial charge on any atom is -0.455 e. The molecule has 1 aromatic rings. The van der Waals surface area contributed by atoms with Gasteiger partial charge in [0.15, 0.2) is 0 Å². The predicted octanol–water partition coefficient (Wildman–Crippen LogP) is 3.65. The molecule has 1 aromatic carbocycles. The van der Waals surface area contributed by atoms with Crippen molar-refractivity contribution in [3.05, 3.63) is 60.2 Å². The lowest BCUT2D eigenvalue weighted by atomic mass is 9.77. The molecule has 3 amide bonds. The lowest BCUT2D eigenvalue weighted by molar-refractivity contribution is -0.165. The molecule has 0 aromatic heterocycles. The van der Waals surface area contributed by atoms with Gasteiger partial charge in [-0.25, -0.2) is 0 Å². The second kappa shape index (κ2) is 14.1. The Morgan fingerprint density at radius 1 is 1.07 bits per heavy atom. The molecule has 9 atom stereocenters. The zero-order chi connectivity index (χ0) is 33.2. The number of carbonyl (C=O) groups excluding carboxylic acids is 4. The molecule has 10 nitrogen and oxygen atoms in total. The Balaban J connectivity index is 1.63. The van der Waals surface area contributed by atoms with E-state index < -0.39 is 53.7 Å². The van der Waals surface area contributed by atoms with Crippen molar-refractivity contribution in [1.29, 1.82) is 0 Å². The van der Waals surface area contributed by atoms with Gasteiger partial charge in [-0.05, 0) is 31.2 Å². The first kappa shape index (κ1) is 33.9. The molecule has 250 valence electrons. The number of aliphatic hydroxyl groups is 1. The number of fused-ring (bicyclic) bond motifs is 2. The Kier molecular flexibility index (Phi) is 10.4. The van der Waals surface area contributed by atoms with E-state index in [1.165, 1.54) is 4.90 Å². The molecule has 1 N–H and O–H groups in total. The first-order valence-electron chi connectivity index (χ1n) is 16.9. The number of ether oxygens (including phenoxy) is 2. The summed E-state index contributed by atoms with van der Waals surface area (Å²) in [5, 5.41) is 10.6. The number of esters is 1. The fraction of sp³-hybridized carbons (Fsp3) is 0.611. The second-order valence-corrected chi connectivity index (χ2v) is 13.2. The number of nitrogens with zero attached hydrogens (tertiary/aromatic N) is 3. The van der Waals surface area contributed by atoms with E-state index in [-0.39, 0.29) is 36.7 Å². The quantitative estimate of drug-likeness (QED) is 0.343. The van der Waals surface area contributed by atoms with Crippen LogP contribution in [-0.2, 0) is 28.7 Å². The molecule has 0 radical (unpaired) electrons.